The topological polar surface area (TPSA) is 12.0 Å². The quantitative estimate of drug-likeness (QED) is 0.736. The maximum Gasteiger partial charge on any atom is 0.142 e. The molecule has 1 nitrogen and oxygen atoms in total. The van der Waals surface area contributed by atoms with Crippen LogP contribution in [0.25, 0.3) is 0 Å². The van der Waals surface area contributed by atoms with Crippen molar-refractivity contribution in [3.05, 3.63) is 28.0 Å². The fourth-order valence-electron chi connectivity index (χ4n) is 1.77. The minimum atomic E-state index is -0.114. The first-order valence-corrected chi connectivity index (χ1v) is 5.21. The van der Waals surface area contributed by atoms with Gasteiger partial charge in [0.2, 0.25) is 0 Å². The van der Waals surface area contributed by atoms with Crippen molar-refractivity contribution in [2.75, 3.05) is 11.9 Å². The lowest BCUT2D eigenvalue weighted by molar-refractivity contribution is 0.566. The standard InChI is InChI=1S/C10H11BrFN/c1-6-4-5-13-8-3-2-7(11)10(12)9(6)8/h2-3,6,13H,4-5H2,1H3. The summed E-state index contributed by atoms with van der Waals surface area (Å²) in [5.74, 6) is 0.200. The van der Waals surface area contributed by atoms with Crippen molar-refractivity contribution in [2.45, 2.75) is 19.3 Å². The zero-order chi connectivity index (χ0) is 9.42. The highest BCUT2D eigenvalue weighted by atomic mass is 79.9. The van der Waals surface area contributed by atoms with E-state index in [1.807, 2.05) is 6.07 Å². The molecule has 0 radical (unpaired) electrons. The normalized spacial score (nSPS) is 20.7. The van der Waals surface area contributed by atoms with Crippen LogP contribution < -0.4 is 5.32 Å². The summed E-state index contributed by atoms with van der Waals surface area (Å²) in [6, 6.07) is 3.68. The fraction of sp³-hybridized carbons (Fsp3) is 0.400. The summed E-state index contributed by atoms with van der Waals surface area (Å²) in [5.41, 5.74) is 1.76. The van der Waals surface area contributed by atoms with Crippen molar-refractivity contribution < 1.29 is 4.39 Å². The molecule has 1 aliphatic rings. The van der Waals surface area contributed by atoms with Gasteiger partial charge < -0.3 is 5.32 Å². The third kappa shape index (κ3) is 1.46. The average Bonchev–Trinajstić information content (AvgIpc) is 2.12. The second-order valence-electron chi connectivity index (χ2n) is 3.44. The molecular formula is C10H11BrFN. The second kappa shape index (κ2) is 3.29. The Morgan fingerprint density at radius 3 is 3.08 bits per heavy atom. The van der Waals surface area contributed by atoms with Gasteiger partial charge in [0.15, 0.2) is 0 Å². The number of hydrogen-bond acceptors (Lipinski definition) is 1. The molecule has 0 aliphatic carbocycles. The van der Waals surface area contributed by atoms with Gasteiger partial charge >= 0.3 is 0 Å². The third-order valence-corrected chi connectivity index (χ3v) is 3.13. The van der Waals surface area contributed by atoms with Crippen LogP contribution in [0.1, 0.15) is 24.8 Å². The van der Waals surface area contributed by atoms with Gasteiger partial charge in [-0.3, -0.25) is 0 Å². The highest BCUT2D eigenvalue weighted by Crippen LogP contribution is 2.36. The predicted octanol–water partition coefficient (Wildman–Crippen LogP) is 3.51. The van der Waals surface area contributed by atoms with E-state index in [9.17, 15) is 4.39 Å². The lowest BCUT2D eigenvalue weighted by atomic mass is 9.92. The van der Waals surface area contributed by atoms with E-state index in [0.29, 0.717) is 10.4 Å². The molecule has 3 heteroatoms. The van der Waals surface area contributed by atoms with Crippen LogP contribution in [0.4, 0.5) is 10.1 Å². The summed E-state index contributed by atoms with van der Waals surface area (Å²) < 4.78 is 14.2. The number of rotatable bonds is 0. The molecule has 13 heavy (non-hydrogen) atoms. The first-order valence-electron chi connectivity index (χ1n) is 4.42. The molecule has 1 aromatic carbocycles. The Hall–Kier alpha value is -0.570. The molecule has 1 aliphatic heterocycles. The van der Waals surface area contributed by atoms with E-state index in [4.69, 9.17) is 0 Å². The number of halogens is 2. The van der Waals surface area contributed by atoms with Gasteiger partial charge in [-0.05, 0) is 40.4 Å². The molecule has 0 amide bonds. The molecule has 0 saturated heterocycles. The van der Waals surface area contributed by atoms with E-state index >= 15 is 0 Å². The maximum absolute atomic E-state index is 13.6. The SMILES string of the molecule is CC1CCNc2ccc(Br)c(F)c21. The molecular weight excluding hydrogens is 233 g/mol. The molecule has 2 rings (SSSR count). The minimum Gasteiger partial charge on any atom is -0.385 e. The van der Waals surface area contributed by atoms with Gasteiger partial charge in [-0.15, -0.1) is 0 Å². The van der Waals surface area contributed by atoms with Crippen molar-refractivity contribution in [1.82, 2.24) is 0 Å². The summed E-state index contributed by atoms with van der Waals surface area (Å²) in [5, 5.41) is 3.20. The van der Waals surface area contributed by atoms with Gasteiger partial charge in [0.1, 0.15) is 5.82 Å². The zero-order valence-corrected chi connectivity index (χ0v) is 8.99. The monoisotopic (exact) mass is 243 g/mol. The minimum absolute atomic E-state index is 0.114. The Morgan fingerprint density at radius 1 is 1.54 bits per heavy atom. The van der Waals surface area contributed by atoms with Crippen molar-refractivity contribution in [3.8, 4) is 0 Å². The molecule has 0 saturated carbocycles. The lowest BCUT2D eigenvalue weighted by Crippen LogP contribution is -2.16. The fourth-order valence-corrected chi connectivity index (χ4v) is 2.12. The smallest absolute Gasteiger partial charge is 0.142 e. The maximum atomic E-state index is 13.6. The Kier molecular flexibility index (Phi) is 2.28. The molecule has 1 N–H and O–H groups in total. The van der Waals surface area contributed by atoms with Gasteiger partial charge in [-0.1, -0.05) is 6.92 Å². The van der Waals surface area contributed by atoms with Gasteiger partial charge in [-0.25, -0.2) is 4.39 Å². The number of nitrogens with one attached hydrogen (secondary N) is 1. The van der Waals surface area contributed by atoms with Crippen LogP contribution in [-0.4, -0.2) is 6.54 Å². The van der Waals surface area contributed by atoms with Crippen LogP contribution in [0, 0.1) is 5.82 Å². The van der Waals surface area contributed by atoms with Crippen LogP contribution >= 0.6 is 15.9 Å². The van der Waals surface area contributed by atoms with Gasteiger partial charge in [0, 0.05) is 17.8 Å². The van der Waals surface area contributed by atoms with Gasteiger partial charge in [-0.2, -0.15) is 0 Å². The van der Waals surface area contributed by atoms with E-state index in [-0.39, 0.29) is 5.82 Å². The van der Waals surface area contributed by atoms with Crippen LogP contribution in [-0.2, 0) is 0 Å². The number of fused-ring (bicyclic) bond motifs is 1. The van der Waals surface area contributed by atoms with Crippen molar-refractivity contribution >= 4 is 21.6 Å². The van der Waals surface area contributed by atoms with Gasteiger partial charge in [0.05, 0.1) is 4.47 Å². The van der Waals surface area contributed by atoms with Crippen LogP contribution in [0.5, 0.6) is 0 Å². The Balaban J connectivity index is 2.58. The highest BCUT2D eigenvalue weighted by molar-refractivity contribution is 9.10. The molecule has 0 aromatic heterocycles. The number of anilines is 1. The van der Waals surface area contributed by atoms with E-state index < -0.39 is 0 Å². The average molecular weight is 244 g/mol. The molecule has 1 aromatic rings. The van der Waals surface area contributed by atoms with E-state index in [0.717, 1.165) is 24.2 Å². The molecule has 70 valence electrons. The molecule has 1 heterocycles. The van der Waals surface area contributed by atoms with Crippen molar-refractivity contribution in [3.63, 3.8) is 0 Å². The van der Waals surface area contributed by atoms with E-state index in [1.165, 1.54) is 0 Å². The molecule has 0 bridgehead atoms. The summed E-state index contributed by atoms with van der Waals surface area (Å²) in [4.78, 5) is 0. The molecule has 1 atom stereocenters. The zero-order valence-electron chi connectivity index (χ0n) is 7.40. The first kappa shape index (κ1) is 9.00. The van der Waals surface area contributed by atoms with Crippen molar-refractivity contribution in [1.29, 1.82) is 0 Å². The molecule has 0 spiro atoms. The Morgan fingerprint density at radius 2 is 2.31 bits per heavy atom. The Bertz CT molecular complexity index is 338. The van der Waals surface area contributed by atoms with Crippen LogP contribution in [0.15, 0.2) is 16.6 Å². The first-order chi connectivity index (χ1) is 6.20. The molecule has 0 fully saturated rings. The summed E-state index contributed by atoms with van der Waals surface area (Å²) in [6.07, 6.45) is 1.00. The van der Waals surface area contributed by atoms with Gasteiger partial charge in [0.25, 0.3) is 0 Å². The summed E-state index contributed by atoms with van der Waals surface area (Å²) in [6.45, 7) is 3.00. The number of hydrogen-bond donors (Lipinski definition) is 1. The highest BCUT2D eigenvalue weighted by Gasteiger charge is 2.21. The summed E-state index contributed by atoms with van der Waals surface area (Å²) >= 11 is 3.20. The summed E-state index contributed by atoms with van der Waals surface area (Å²) in [7, 11) is 0. The predicted molar refractivity (Wildman–Crippen MR) is 55.6 cm³/mol. The third-order valence-electron chi connectivity index (χ3n) is 2.52. The second-order valence-corrected chi connectivity index (χ2v) is 4.29. The number of benzene rings is 1. The largest absolute Gasteiger partial charge is 0.385 e. The Labute approximate surface area is 85.5 Å². The van der Waals surface area contributed by atoms with Crippen molar-refractivity contribution in [2.24, 2.45) is 0 Å². The van der Waals surface area contributed by atoms with E-state index in [1.54, 1.807) is 6.07 Å². The molecule has 1 unspecified atom stereocenters. The lowest BCUT2D eigenvalue weighted by Gasteiger charge is -2.24. The van der Waals surface area contributed by atoms with Crippen LogP contribution in [0.3, 0.4) is 0 Å². The van der Waals surface area contributed by atoms with Crippen LogP contribution in [0.2, 0.25) is 0 Å². The van der Waals surface area contributed by atoms with E-state index in [2.05, 4.69) is 28.2 Å².